The van der Waals surface area contributed by atoms with Crippen molar-refractivity contribution in [2.75, 3.05) is 31.7 Å². The maximum atomic E-state index is 17.8. The zero-order valence-corrected chi connectivity index (χ0v) is 43.8. The van der Waals surface area contributed by atoms with Gasteiger partial charge in [0.05, 0.1) is 18.2 Å². The van der Waals surface area contributed by atoms with E-state index in [0.29, 0.717) is 24.1 Å². The Labute approximate surface area is 444 Å². The molecule has 0 bridgehead atoms. The lowest BCUT2D eigenvalue weighted by atomic mass is 9.44. The summed E-state index contributed by atoms with van der Waals surface area (Å²) in [5, 5.41) is 35.8. The number of rotatable bonds is 25. The first-order chi connectivity index (χ1) is 36.3. The first-order valence-electron chi connectivity index (χ1n) is 25.9. The van der Waals surface area contributed by atoms with Crippen molar-refractivity contribution in [1.82, 2.24) is 26.6 Å². The van der Waals surface area contributed by atoms with E-state index in [-0.39, 0.29) is 63.7 Å². The zero-order chi connectivity index (χ0) is 56.6. The van der Waals surface area contributed by atoms with E-state index < -0.39 is 156 Å². The molecular formula is C52H72F2N8O15. The average molecular weight is 1090 g/mol. The number of nitrogens with two attached hydrogens (primary N) is 2. The number of alkyl carbamates (subject to hydrolysis) is 1. The Morgan fingerprint density at radius 3 is 2.32 bits per heavy atom. The van der Waals surface area contributed by atoms with Crippen LogP contribution in [0.2, 0.25) is 0 Å². The van der Waals surface area contributed by atoms with Crippen molar-refractivity contribution in [3.63, 3.8) is 0 Å². The van der Waals surface area contributed by atoms with Crippen LogP contribution in [0, 0.1) is 28.6 Å². The van der Waals surface area contributed by atoms with Crippen molar-refractivity contribution in [3.05, 3.63) is 53.6 Å². The number of aliphatic hydroxyl groups excluding tert-OH is 1. The number of nitrogens with one attached hydrogen (secondary N) is 6. The molecule has 0 spiro atoms. The summed E-state index contributed by atoms with van der Waals surface area (Å²) in [6.45, 7) is 6.72. The minimum atomic E-state index is -2.37. The van der Waals surface area contributed by atoms with Gasteiger partial charge in [-0.2, -0.15) is 0 Å². The lowest BCUT2D eigenvalue weighted by Gasteiger charge is -2.63. The van der Waals surface area contributed by atoms with Crippen LogP contribution in [-0.4, -0.2) is 144 Å². The van der Waals surface area contributed by atoms with E-state index in [4.69, 9.17) is 35.5 Å². The number of benzene rings is 1. The van der Waals surface area contributed by atoms with E-state index in [0.717, 1.165) is 6.08 Å². The highest BCUT2D eigenvalue weighted by Gasteiger charge is 2.80. The van der Waals surface area contributed by atoms with Crippen molar-refractivity contribution in [3.8, 4) is 0 Å². The second kappa shape index (κ2) is 24.9. The number of anilines is 1. The molecular weight excluding hydrogens is 1010 g/mol. The number of halogens is 2. The van der Waals surface area contributed by atoms with E-state index in [1.165, 1.54) is 31.2 Å². The number of allylic oxidation sites excluding steroid dienone is 4. The largest absolute Gasteiger partial charge is 0.481 e. The molecule has 424 valence electrons. The highest BCUT2D eigenvalue weighted by molar-refractivity contribution is 6.01. The van der Waals surface area contributed by atoms with Gasteiger partial charge in [-0.15, -0.1) is 0 Å². The summed E-state index contributed by atoms with van der Waals surface area (Å²) < 4.78 is 57.5. The molecule has 1 unspecified atom stereocenters. The van der Waals surface area contributed by atoms with Crippen molar-refractivity contribution in [2.45, 2.75) is 153 Å². The van der Waals surface area contributed by atoms with E-state index in [1.807, 2.05) is 6.92 Å². The van der Waals surface area contributed by atoms with Gasteiger partial charge in [-0.25, -0.2) is 18.4 Å². The number of primary amides is 1. The summed E-state index contributed by atoms with van der Waals surface area (Å²) in [5.41, 5.74) is 4.82. The number of carbonyl (C=O) groups is 9. The molecule has 1 aliphatic heterocycles. The molecule has 3 saturated carbocycles. The molecule has 4 fully saturated rings. The SMILES string of the molecule is CCCC1O[C@@H]2C[C@H]3[C@@H]4C[C@H](F)C5=CC(=O)C=C[C@]5(C)[C@@]4(F)[C@@H](O)C[C@]3(C)[C@]2(C(=O)COCNC(=O)CNC(=O)OCc2ccc(NC(=O)[C@H](CCCNC(N)=O)NC(=O)[C@@H](NC(=O)[C@@H](N)CCC(=O)O)C(C)C)cc2)O1. The number of hydrogen-bond donors (Lipinski definition) is 10. The number of carboxylic acids is 1. The monoisotopic (exact) mass is 1090 g/mol. The lowest BCUT2D eigenvalue weighted by Crippen LogP contribution is -2.71. The number of aliphatic hydroxyl groups is 1. The fourth-order valence-corrected chi connectivity index (χ4v) is 11.9. The van der Waals surface area contributed by atoms with Crippen LogP contribution in [0.15, 0.2) is 48.1 Å². The Morgan fingerprint density at radius 1 is 0.948 bits per heavy atom. The van der Waals surface area contributed by atoms with Crippen LogP contribution >= 0.6 is 0 Å². The predicted octanol–water partition coefficient (Wildman–Crippen LogP) is 1.99. The van der Waals surface area contributed by atoms with Crippen molar-refractivity contribution in [2.24, 2.45) is 40.1 Å². The van der Waals surface area contributed by atoms with Crippen LogP contribution in [0.5, 0.6) is 0 Å². The van der Waals surface area contributed by atoms with Gasteiger partial charge in [0.2, 0.25) is 23.6 Å². The first kappa shape index (κ1) is 59.8. The van der Waals surface area contributed by atoms with Crippen molar-refractivity contribution >= 4 is 59.0 Å². The summed E-state index contributed by atoms with van der Waals surface area (Å²) in [4.78, 5) is 114. The molecule has 1 saturated heterocycles. The first-order valence-corrected chi connectivity index (χ1v) is 25.9. The van der Waals surface area contributed by atoms with Crippen LogP contribution in [0.25, 0.3) is 0 Å². The Morgan fingerprint density at radius 2 is 1.66 bits per heavy atom. The standard InChI is InChI=1S/C52H72F2N8O15/c1-6-8-42-76-39-21-31-32-20-34(53)33-19-30(63)16-17-49(33,4)51(32,54)37(64)22-50(31,5)52(39,77-42)38(65)25-74-26-59-40(66)23-58-48(73)75-24-28-10-12-29(13-11-28)60-45(70)36(9-7-18-57-47(56)72)61-46(71)43(27(2)3)62-44(69)35(55)14-15-41(67)68/h10-13,16-17,19,27,31-32,34-37,39,42-43,64H,6-9,14-15,18,20-26,55H2,1-5H3,(H,58,73)(H,59,66)(H,60,70)(H,61,71)(H,62,69)(H,67,68)(H3,56,57,72)/t31-,32-,34-,35-,36-,37-,39+,42?,43-,49-,50-,51-,52+/m0/s1. The Balaban J connectivity index is 0.972. The van der Waals surface area contributed by atoms with Crippen LogP contribution in [0.4, 0.5) is 24.1 Å². The van der Waals surface area contributed by atoms with E-state index >= 15 is 8.78 Å². The average Bonchev–Trinajstić information content (AvgIpc) is 3.86. The fraction of sp³-hybridized carbons (Fsp3) is 0.635. The number of fused-ring (bicyclic) bond motifs is 7. The number of Topliss-reactive ketones (excluding diaryl/α,β-unsaturated/α-hetero) is 1. The molecule has 23 nitrogen and oxygen atoms in total. The minimum absolute atomic E-state index is 0.0175. The second-order valence-electron chi connectivity index (χ2n) is 21.2. The van der Waals surface area contributed by atoms with Gasteiger partial charge in [-0.05, 0) is 99.1 Å². The minimum Gasteiger partial charge on any atom is -0.481 e. The summed E-state index contributed by atoms with van der Waals surface area (Å²) in [6, 6.07) is 1.82. The quantitative estimate of drug-likeness (QED) is 0.0494. The van der Waals surface area contributed by atoms with Gasteiger partial charge in [0.25, 0.3) is 0 Å². The molecule has 4 aliphatic carbocycles. The van der Waals surface area contributed by atoms with Crippen LogP contribution < -0.4 is 43.4 Å². The molecule has 7 amide bonds. The maximum absolute atomic E-state index is 17.8. The Bertz CT molecular complexity index is 2480. The van der Waals surface area contributed by atoms with Gasteiger partial charge in [0.15, 0.2) is 29.1 Å². The van der Waals surface area contributed by atoms with E-state index in [9.17, 15) is 48.3 Å². The molecule has 1 aromatic carbocycles. The van der Waals surface area contributed by atoms with Gasteiger partial charge in [-0.3, -0.25) is 33.6 Å². The lowest BCUT2D eigenvalue weighted by molar-refractivity contribution is -0.235. The number of ether oxygens (including phenoxy) is 4. The van der Waals surface area contributed by atoms with Crippen molar-refractivity contribution < 1.29 is 81.1 Å². The molecule has 6 rings (SSSR count). The molecule has 25 heteroatoms. The molecule has 0 radical (unpaired) electrons. The highest BCUT2D eigenvalue weighted by atomic mass is 19.1. The summed E-state index contributed by atoms with van der Waals surface area (Å²) in [7, 11) is 0. The highest BCUT2D eigenvalue weighted by Crippen LogP contribution is 2.72. The van der Waals surface area contributed by atoms with Crippen LogP contribution in [-0.2, 0) is 59.1 Å². The third kappa shape index (κ3) is 12.8. The normalized spacial score (nSPS) is 29.9. The molecule has 77 heavy (non-hydrogen) atoms. The van der Waals surface area contributed by atoms with E-state index in [1.54, 1.807) is 32.9 Å². The Hall–Kier alpha value is -6.41. The zero-order valence-electron chi connectivity index (χ0n) is 43.8. The van der Waals surface area contributed by atoms with E-state index in [2.05, 4.69) is 31.9 Å². The van der Waals surface area contributed by atoms with Gasteiger partial charge in [0, 0.05) is 35.4 Å². The van der Waals surface area contributed by atoms with Gasteiger partial charge < -0.3 is 72.5 Å². The molecule has 0 aromatic heterocycles. The van der Waals surface area contributed by atoms with Gasteiger partial charge >= 0.3 is 18.1 Å². The van der Waals surface area contributed by atoms with Crippen molar-refractivity contribution in [1.29, 1.82) is 0 Å². The molecule has 1 heterocycles. The number of carboxylic acid groups (broad SMARTS) is 1. The van der Waals surface area contributed by atoms with Crippen LogP contribution in [0.1, 0.15) is 98.0 Å². The number of aliphatic carboxylic acids is 1. The topological polar surface area (TPSA) is 355 Å². The number of ketones is 2. The molecule has 13 atom stereocenters. The predicted molar refractivity (Wildman–Crippen MR) is 269 cm³/mol. The second-order valence-corrected chi connectivity index (χ2v) is 21.2. The summed E-state index contributed by atoms with van der Waals surface area (Å²) in [5.74, 6) is -7.18. The number of hydrogen-bond acceptors (Lipinski definition) is 15. The Kier molecular flexibility index (Phi) is 19.4. The molecule has 1 aromatic rings. The third-order valence-electron chi connectivity index (χ3n) is 15.8. The van der Waals surface area contributed by atoms with Gasteiger partial charge in [0.1, 0.15) is 44.7 Å². The molecule has 5 aliphatic rings. The summed E-state index contributed by atoms with van der Waals surface area (Å²) in [6.07, 6.45) is -1.87. The summed E-state index contributed by atoms with van der Waals surface area (Å²) >= 11 is 0. The maximum Gasteiger partial charge on any atom is 0.407 e. The fourth-order valence-electron chi connectivity index (χ4n) is 11.9. The smallest absolute Gasteiger partial charge is 0.407 e. The number of alkyl halides is 2. The number of amides is 7. The number of urea groups is 1. The third-order valence-corrected chi connectivity index (χ3v) is 15.8. The number of carbonyl (C=O) groups excluding carboxylic acids is 8. The molecule has 12 N–H and O–H groups in total. The van der Waals surface area contributed by atoms with Crippen LogP contribution in [0.3, 0.4) is 0 Å². The van der Waals surface area contributed by atoms with Gasteiger partial charge in [-0.1, -0.05) is 52.3 Å².